The maximum absolute atomic E-state index is 11.8. The molecule has 8 heteroatoms. The van der Waals surface area contributed by atoms with Crippen LogP contribution in [-0.4, -0.2) is 58.6 Å². The van der Waals surface area contributed by atoms with Gasteiger partial charge in [-0.25, -0.2) is 13.4 Å². The van der Waals surface area contributed by atoms with Crippen molar-refractivity contribution in [2.75, 3.05) is 49.3 Å². The monoisotopic (exact) mass is 357 g/mol. The van der Waals surface area contributed by atoms with Gasteiger partial charge >= 0.3 is 0 Å². The predicted octanol–water partition coefficient (Wildman–Crippen LogP) is 1.08. The van der Waals surface area contributed by atoms with Crippen molar-refractivity contribution >= 4 is 21.7 Å². The van der Waals surface area contributed by atoms with Gasteiger partial charge < -0.3 is 14.7 Å². The van der Waals surface area contributed by atoms with Crippen LogP contribution in [0.5, 0.6) is 0 Å². The second-order valence-electron chi connectivity index (χ2n) is 6.49. The largest absolute Gasteiger partial charge is 0.392 e. The standard InChI is InChI=1S/C16H27N3O4S/c1-12-7-14(12)10-19(5-6-23-3)16-9-13(11-20)8-15(17-16)18(2)24(4,21)22/h8-9,12,14,20H,5-7,10-11H2,1-4H3/t12-,14?/m0/s1. The van der Waals surface area contributed by atoms with E-state index in [0.717, 1.165) is 17.1 Å². The molecular formula is C16H27N3O4S. The van der Waals surface area contributed by atoms with Crippen molar-refractivity contribution in [2.45, 2.75) is 20.0 Å². The number of sulfonamides is 1. The molecule has 0 radical (unpaired) electrons. The highest BCUT2D eigenvalue weighted by Gasteiger charge is 2.34. The Kier molecular flexibility index (Phi) is 6.06. The minimum Gasteiger partial charge on any atom is -0.392 e. The van der Waals surface area contributed by atoms with Crippen LogP contribution >= 0.6 is 0 Å². The first-order chi connectivity index (χ1) is 11.3. The SMILES string of the molecule is COCCN(CC1C[C@@H]1C)c1cc(CO)cc(N(C)S(C)(=O)=O)n1. The highest BCUT2D eigenvalue weighted by molar-refractivity contribution is 7.92. The topological polar surface area (TPSA) is 83.0 Å². The number of nitrogens with zero attached hydrogens (tertiary/aromatic N) is 3. The zero-order valence-corrected chi connectivity index (χ0v) is 15.6. The number of hydrogen-bond donors (Lipinski definition) is 1. The van der Waals surface area contributed by atoms with Gasteiger partial charge in [0.15, 0.2) is 0 Å². The lowest BCUT2D eigenvalue weighted by molar-refractivity contribution is 0.204. The summed E-state index contributed by atoms with van der Waals surface area (Å²) in [5.41, 5.74) is 0.636. The highest BCUT2D eigenvalue weighted by Crippen LogP contribution is 2.39. The van der Waals surface area contributed by atoms with Crippen LogP contribution in [0.1, 0.15) is 18.9 Å². The highest BCUT2D eigenvalue weighted by atomic mass is 32.2. The normalized spacial score (nSPS) is 20.0. The molecule has 0 spiro atoms. The molecule has 1 N–H and O–H groups in total. The van der Waals surface area contributed by atoms with E-state index in [0.29, 0.717) is 42.2 Å². The number of aromatic nitrogens is 1. The van der Waals surface area contributed by atoms with Gasteiger partial charge in [0, 0.05) is 27.2 Å². The second kappa shape index (κ2) is 7.67. The van der Waals surface area contributed by atoms with Gasteiger partial charge in [-0.3, -0.25) is 4.31 Å². The molecule has 0 saturated heterocycles. The quantitative estimate of drug-likeness (QED) is 0.712. The maximum atomic E-state index is 11.8. The molecule has 24 heavy (non-hydrogen) atoms. The molecule has 1 aliphatic carbocycles. The summed E-state index contributed by atoms with van der Waals surface area (Å²) in [7, 11) is -0.299. The van der Waals surface area contributed by atoms with Crippen molar-refractivity contribution in [1.82, 2.24) is 4.98 Å². The Morgan fingerprint density at radius 3 is 2.50 bits per heavy atom. The van der Waals surface area contributed by atoms with Crippen LogP contribution in [0.25, 0.3) is 0 Å². The van der Waals surface area contributed by atoms with Crippen molar-refractivity contribution in [2.24, 2.45) is 11.8 Å². The third kappa shape index (κ3) is 4.81. The van der Waals surface area contributed by atoms with E-state index in [4.69, 9.17) is 4.74 Å². The Morgan fingerprint density at radius 1 is 1.38 bits per heavy atom. The van der Waals surface area contributed by atoms with E-state index in [-0.39, 0.29) is 6.61 Å². The van der Waals surface area contributed by atoms with Crippen LogP contribution in [0.4, 0.5) is 11.6 Å². The lowest BCUT2D eigenvalue weighted by Crippen LogP contribution is -2.32. The van der Waals surface area contributed by atoms with E-state index in [1.165, 1.54) is 13.5 Å². The van der Waals surface area contributed by atoms with Gasteiger partial charge in [0.25, 0.3) is 0 Å². The molecule has 1 unspecified atom stereocenters. The zero-order chi connectivity index (χ0) is 17.9. The molecule has 7 nitrogen and oxygen atoms in total. The van der Waals surface area contributed by atoms with Crippen LogP contribution in [0.3, 0.4) is 0 Å². The third-order valence-corrected chi connectivity index (χ3v) is 5.66. The average molecular weight is 357 g/mol. The van der Waals surface area contributed by atoms with Gasteiger partial charge in [0.1, 0.15) is 11.6 Å². The number of methoxy groups -OCH3 is 1. The Balaban J connectivity index is 2.33. The van der Waals surface area contributed by atoms with Crippen molar-refractivity contribution in [1.29, 1.82) is 0 Å². The summed E-state index contributed by atoms with van der Waals surface area (Å²) in [5.74, 6) is 2.31. The third-order valence-electron chi connectivity index (χ3n) is 4.48. The number of aliphatic hydroxyl groups is 1. The molecule has 1 aromatic heterocycles. The number of anilines is 2. The van der Waals surface area contributed by atoms with E-state index in [1.54, 1.807) is 13.2 Å². The summed E-state index contributed by atoms with van der Waals surface area (Å²) in [6.45, 7) is 4.14. The first-order valence-corrected chi connectivity index (χ1v) is 9.90. The number of pyridine rings is 1. The second-order valence-corrected chi connectivity index (χ2v) is 8.51. The molecule has 1 aromatic rings. The minimum absolute atomic E-state index is 0.169. The van der Waals surface area contributed by atoms with Gasteiger partial charge in [-0.2, -0.15) is 0 Å². The first kappa shape index (κ1) is 19.0. The molecule has 1 aliphatic rings. The molecule has 0 aromatic carbocycles. The molecule has 1 saturated carbocycles. The Hall–Kier alpha value is -1.38. The van der Waals surface area contributed by atoms with Crippen LogP contribution < -0.4 is 9.21 Å². The molecule has 0 bridgehead atoms. The van der Waals surface area contributed by atoms with Crippen molar-refractivity contribution in [3.63, 3.8) is 0 Å². The summed E-state index contributed by atoms with van der Waals surface area (Å²) >= 11 is 0. The molecule has 2 atom stereocenters. The molecule has 1 fully saturated rings. The summed E-state index contributed by atoms with van der Waals surface area (Å²) in [6, 6.07) is 3.40. The van der Waals surface area contributed by atoms with Crippen LogP contribution in [0, 0.1) is 11.8 Å². The predicted molar refractivity (Wildman–Crippen MR) is 94.8 cm³/mol. The van der Waals surface area contributed by atoms with Gasteiger partial charge in [-0.1, -0.05) is 6.92 Å². The van der Waals surface area contributed by atoms with Gasteiger partial charge in [0.05, 0.1) is 19.5 Å². The number of aliphatic hydroxyl groups excluding tert-OH is 1. The lowest BCUT2D eigenvalue weighted by atomic mass is 10.2. The van der Waals surface area contributed by atoms with E-state index in [9.17, 15) is 13.5 Å². The average Bonchev–Trinajstić information content (AvgIpc) is 3.24. The summed E-state index contributed by atoms with van der Waals surface area (Å²) in [4.78, 5) is 6.62. The molecule has 0 aliphatic heterocycles. The Morgan fingerprint density at radius 2 is 2.00 bits per heavy atom. The molecule has 136 valence electrons. The number of hydrogen-bond acceptors (Lipinski definition) is 6. The fourth-order valence-corrected chi connectivity index (χ4v) is 3.01. The summed E-state index contributed by atoms with van der Waals surface area (Å²) < 4.78 is 29.9. The lowest BCUT2D eigenvalue weighted by Gasteiger charge is -2.26. The van der Waals surface area contributed by atoms with Crippen molar-refractivity contribution < 1.29 is 18.3 Å². The van der Waals surface area contributed by atoms with Crippen molar-refractivity contribution in [3.8, 4) is 0 Å². The van der Waals surface area contributed by atoms with Crippen molar-refractivity contribution in [3.05, 3.63) is 17.7 Å². The Labute approximate surface area is 144 Å². The number of ether oxygens (including phenoxy) is 1. The van der Waals surface area contributed by atoms with E-state index < -0.39 is 10.0 Å². The van der Waals surface area contributed by atoms with Gasteiger partial charge in [0.2, 0.25) is 10.0 Å². The smallest absolute Gasteiger partial charge is 0.233 e. The summed E-state index contributed by atoms with van der Waals surface area (Å²) in [6.07, 6.45) is 2.33. The summed E-state index contributed by atoms with van der Waals surface area (Å²) in [5, 5.41) is 9.53. The minimum atomic E-state index is -3.41. The van der Waals surface area contributed by atoms with E-state index in [2.05, 4.69) is 16.8 Å². The molecule has 2 rings (SSSR count). The van der Waals surface area contributed by atoms with Crippen LogP contribution in [0.2, 0.25) is 0 Å². The fourth-order valence-electron chi connectivity index (χ4n) is 2.58. The number of rotatable bonds is 9. The molecule has 1 heterocycles. The fraction of sp³-hybridized carbons (Fsp3) is 0.688. The van der Waals surface area contributed by atoms with E-state index in [1.807, 2.05) is 6.07 Å². The van der Waals surface area contributed by atoms with Crippen LogP contribution in [-0.2, 0) is 21.4 Å². The molecule has 0 amide bonds. The van der Waals surface area contributed by atoms with Crippen LogP contribution in [0.15, 0.2) is 12.1 Å². The zero-order valence-electron chi connectivity index (χ0n) is 14.8. The first-order valence-electron chi connectivity index (χ1n) is 8.06. The van der Waals surface area contributed by atoms with E-state index >= 15 is 0 Å². The Bertz CT molecular complexity index is 665. The van der Waals surface area contributed by atoms with Gasteiger partial charge in [-0.15, -0.1) is 0 Å². The molecular weight excluding hydrogens is 330 g/mol. The van der Waals surface area contributed by atoms with Gasteiger partial charge in [-0.05, 0) is 36.0 Å². The maximum Gasteiger partial charge on any atom is 0.233 e.